The smallest absolute Gasteiger partial charge is 0.309 e. The summed E-state index contributed by atoms with van der Waals surface area (Å²) >= 11 is 0. The number of aromatic hydroxyl groups is 1. The van der Waals surface area contributed by atoms with Crippen molar-refractivity contribution in [3.05, 3.63) is 53.6 Å². The van der Waals surface area contributed by atoms with Crippen molar-refractivity contribution < 1.29 is 14.6 Å². The third kappa shape index (κ3) is 3.07. The van der Waals surface area contributed by atoms with Crippen molar-refractivity contribution >= 4 is 5.97 Å². The molecule has 2 aromatic rings. The second-order valence-electron chi connectivity index (χ2n) is 5.50. The quantitative estimate of drug-likeness (QED) is 0.871. The lowest BCUT2D eigenvalue weighted by Gasteiger charge is -2.11. The van der Waals surface area contributed by atoms with Crippen LogP contribution in [-0.2, 0) is 16.0 Å². The number of carbonyl (C=O) groups is 1. The van der Waals surface area contributed by atoms with Crippen molar-refractivity contribution in [2.45, 2.75) is 25.2 Å². The van der Waals surface area contributed by atoms with Gasteiger partial charge >= 0.3 is 5.97 Å². The predicted octanol–water partition coefficient (Wildman–Crippen LogP) is 3.65. The van der Waals surface area contributed by atoms with Crippen LogP contribution in [-0.4, -0.2) is 18.2 Å². The number of ether oxygens (including phenoxy) is 1. The third-order valence-electron chi connectivity index (χ3n) is 3.89. The van der Waals surface area contributed by atoms with Crippen molar-refractivity contribution in [3.8, 4) is 16.9 Å². The molecule has 0 aliphatic heterocycles. The Hall–Kier alpha value is -2.29. The van der Waals surface area contributed by atoms with Crippen LogP contribution < -0.4 is 0 Å². The molecule has 0 atom stereocenters. The Kier molecular flexibility index (Phi) is 3.65. The van der Waals surface area contributed by atoms with Crippen molar-refractivity contribution in [3.63, 3.8) is 0 Å². The van der Waals surface area contributed by atoms with Crippen molar-refractivity contribution in [2.75, 3.05) is 7.11 Å². The lowest BCUT2D eigenvalue weighted by molar-refractivity contribution is -0.139. The summed E-state index contributed by atoms with van der Waals surface area (Å²) in [5.41, 5.74) is 4.57. The molecule has 1 aliphatic carbocycles. The van der Waals surface area contributed by atoms with E-state index in [-0.39, 0.29) is 11.7 Å². The Balaban J connectivity index is 1.96. The molecule has 0 spiro atoms. The molecule has 3 heteroatoms. The summed E-state index contributed by atoms with van der Waals surface area (Å²) in [5, 5.41) is 9.41. The Morgan fingerprint density at radius 3 is 2.52 bits per heavy atom. The normalized spacial score (nSPS) is 14.0. The van der Waals surface area contributed by atoms with Crippen LogP contribution in [0.5, 0.6) is 5.75 Å². The zero-order chi connectivity index (χ0) is 14.8. The molecule has 21 heavy (non-hydrogen) atoms. The third-order valence-corrected chi connectivity index (χ3v) is 3.89. The largest absolute Gasteiger partial charge is 0.508 e. The van der Waals surface area contributed by atoms with Crippen molar-refractivity contribution in [1.29, 1.82) is 0 Å². The molecular formula is C18H18O3. The topological polar surface area (TPSA) is 46.5 Å². The van der Waals surface area contributed by atoms with Crippen LogP contribution in [0.3, 0.4) is 0 Å². The molecular weight excluding hydrogens is 264 g/mol. The first-order valence-electron chi connectivity index (χ1n) is 7.16. The highest BCUT2D eigenvalue weighted by atomic mass is 16.5. The van der Waals surface area contributed by atoms with E-state index in [9.17, 15) is 9.90 Å². The first-order valence-corrected chi connectivity index (χ1v) is 7.16. The summed E-state index contributed by atoms with van der Waals surface area (Å²) < 4.78 is 4.73. The number of esters is 1. The Morgan fingerprint density at radius 2 is 1.90 bits per heavy atom. The van der Waals surface area contributed by atoms with Gasteiger partial charge in [0, 0.05) is 0 Å². The maximum atomic E-state index is 11.4. The van der Waals surface area contributed by atoms with E-state index in [4.69, 9.17) is 4.74 Å². The molecule has 3 nitrogen and oxygen atoms in total. The number of carbonyl (C=O) groups excluding carboxylic acids is 1. The summed E-state index contributed by atoms with van der Waals surface area (Å²) in [6.07, 6.45) is 2.71. The fraction of sp³-hybridized carbons (Fsp3) is 0.278. The van der Waals surface area contributed by atoms with E-state index in [0.717, 1.165) is 11.1 Å². The second kappa shape index (κ2) is 5.60. The fourth-order valence-electron chi connectivity index (χ4n) is 2.60. The second-order valence-corrected chi connectivity index (χ2v) is 5.50. The molecule has 0 amide bonds. The van der Waals surface area contributed by atoms with Crippen LogP contribution in [0.1, 0.15) is 29.9 Å². The minimum absolute atomic E-state index is 0.214. The van der Waals surface area contributed by atoms with E-state index in [1.54, 1.807) is 12.1 Å². The van der Waals surface area contributed by atoms with Crippen LogP contribution in [0.15, 0.2) is 42.5 Å². The van der Waals surface area contributed by atoms with Gasteiger partial charge in [-0.25, -0.2) is 0 Å². The zero-order valence-electron chi connectivity index (χ0n) is 12.0. The lowest BCUT2D eigenvalue weighted by Crippen LogP contribution is -2.05. The zero-order valence-corrected chi connectivity index (χ0v) is 12.0. The minimum atomic E-state index is -0.214. The summed E-state index contributed by atoms with van der Waals surface area (Å²) in [6, 6.07) is 13.4. The van der Waals surface area contributed by atoms with Crippen LogP contribution in [0.4, 0.5) is 0 Å². The number of phenols is 1. The molecule has 0 unspecified atom stereocenters. The summed E-state index contributed by atoms with van der Waals surface area (Å²) in [4.78, 5) is 11.4. The predicted molar refractivity (Wildman–Crippen MR) is 81.2 cm³/mol. The maximum absolute atomic E-state index is 11.4. The summed E-state index contributed by atoms with van der Waals surface area (Å²) in [5.74, 6) is 0.648. The number of phenolic OH excluding ortho intramolecular Hbond substituents is 1. The molecule has 3 rings (SSSR count). The summed E-state index contributed by atoms with van der Waals surface area (Å²) in [6.45, 7) is 0. The van der Waals surface area contributed by atoms with Gasteiger partial charge < -0.3 is 9.84 Å². The van der Waals surface area contributed by atoms with Crippen molar-refractivity contribution in [1.82, 2.24) is 0 Å². The highest BCUT2D eigenvalue weighted by Crippen LogP contribution is 2.45. The maximum Gasteiger partial charge on any atom is 0.309 e. The van der Waals surface area contributed by atoms with Crippen LogP contribution in [0.2, 0.25) is 0 Å². The highest BCUT2D eigenvalue weighted by molar-refractivity contribution is 5.74. The molecule has 0 aromatic heterocycles. The molecule has 108 valence electrons. The molecule has 0 radical (unpaired) electrons. The van der Waals surface area contributed by atoms with E-state index in [1.165, 1.54) is 31.1 Å². The van der Waals surface area contributed by atoms with Gasteiger partial charge in [-0.3, -0.25) is 4.79 Å². The molecule has 1 saturated carbocycles. The number of rotatable bonds is 4. The standard InChI is InChI=1S/C18H18O3/c1-21-18(20)11-12-2-9-16(17(10-12)14-3-4-14)13-5-7-15(19)8-6-13/h2,5-10,14,19H,3-4,11H2,1H3. The molecule has 0 saturated heterocycles. The van der Waals surface area contributed by atoms with Gasteiger partial charge in [0.15, 0.2) is 0 Å². The Morgan fingerprint density at radius 1 is 1.19 bits per heavy atom. The van der Waals surface area contributed by atoms with Gasteiger partial charge in [0.1, 0.15) is 5.75 Å². The first-order chi connectivity index (χ1) is 10.2. The minimum Gasteiger partial charge on any atom is -0.508 e. The highest BCUT2D eigenvalue weighted by Gasteiger charge is 2.26. The molecule has 0 heterocycles. The van der Waals surface area contributed by atoms with Gasteiger partial charge in [-0.05, 0) is 53.1 Å². The van der Waals surface area contributed by atoms with Gasteiger partial charge in [-0.2, -0.15) is 0 Å². The van der Waals surface area contributed by atoms with Crippen LogP contribution in [0, 0.1) is 0 Å². The van der Waals surface area contributed by atoms with E-state index in [2.05, 4.69) is 12.1 Å². The number of methoxy groups -OCH3 is 1. The fourth-order valence-corrected chi connectivity index (χ4v) is 2.60. The van der Waals surface area contributed by atoms with Crippen molar-refractivity contribution in [2.24, 2.45) is 0 Å². The lowest BCUT2D eigenvalue weighted by atomic mass is 9.94. The van der Waals surface area contributed by atoms with E-state index < -0.39 is 0 Å². The van der Waals surface area contributed by atoms with Crippen LogP contribution in [0.25, 0.3) is 11.1 Å². The number of benzene rings is 2. The van der Waals surface area contributed by atoms with Gasteiger partial charge in [-0.15, -0.1) is 0 Å². The molecule has 2 aromatic carbocycles. The molecule has 0 bridgehead atoms. The first kappa shape index (κ1) is 13.7. The number of hydrogen-bond donors (Lipinski definition) is 1. The average Bonchev–Trinajstić information content (AvgIpc) is 3.33. The molecule has 1 fully saturated rings. The number of hydrogen-bond acceptors (Lipinski definition) is 3. The van der Waals surface area contributed by atoms with Crippen LogP contribution >= 0.6 is 0 Å². The van der Waals surface area contributed by atoms with E-state index in [0.29, 0.717) is 12.3 Å². The van der Waals surface area contributed by atoms with Gasteiger partial charge in [0.2, 0.25) is 0 Å². The Bertz CT molecular complexity index is 655. The SMILES string of the molecule is COC(=O)Cc1ccc(-c2ccc(O)cc2)c(C2CC2)c1. The summed E-state index contributed by atoms with van der Waals surface area (Å²) in [7, 11) is 1.41. The van der Waals surface area contributed by atoms with Gasteiger partial charge in [-0.1, -0.05) is 30.3 Å². The monoisotopic (exact) mass is 282 g/mol. The average molecular weight is 282 g/mol. The van der Waals surface area contributed by atoms with Gasteiger partial charge in [0.25, 0.3) is 0 Å². The van der Waals surface area contributed by atoms with Gasteiger partial charge in [0.05, 0.1) is 13.5 Å². The Labute approximate surface area is 124 Å². The molecule has 1 aliphatic rings. The van der Waals surface area contributed by atoms with E-state index >= 15 is 0 Å². The molecule has 1 N–H and O–H groups in total. The van der Waals surface area contributed by atoms with E-state index in [1.807, 2.05) is 18.2 Å².